The predicted octanol–water partition coefficient (Wildman–Crippen LogP) is 2.87. The highest BCUT2D eigenvalue weighted by Crippen LogP contribution is 2.21. The molecular weight excluding hydrogens is 238 g/mol. The topological polar surface area (TPSA) is 38.3 Å². The van der Waals surface area contributed by atoms with Gasteiger partial charge in [0, 0.05) is 6.92 Å². The van der Waals surface area contributed by atoms with Crippen LogP contribution in [0.15, 0.2) is 54.6 Å². The first-order valence-electron chi connectivity index (χ1n) is 6.28. The third-order valence-electron chi connectivity index (χ3n) is 2.71. The van der Waals surface area contributed by atoms with Gasteiger partial charge in [0.1, 0.15) is 12.4 Å². The average Bonchev–Trinajstić information content (AvgIpc) is 2.45. The third-order valence-corrected chi connectivity index (χ3v) is 2.71. The number of ether oxygens (including phenoxy) is 1. The Hall–Kier alpha value is -2.29. The van der Waals surface area contributed by atoms with E-state index in [0.717, 1.165) is 11.3 Å². The van der Waals surface area contributed by atoms with E-state index >= 15 is 0 Å². The summed E-state index contributed by atoms with van der Waals surface area (Å²) in [5, 5.41) is 2.69. The second-order valence-electron chi connectivity index (χ2n) is 4.22. The van der Waals surface area contributed by atoms with Crippen LogP contribution in [0, 0.1) is 0 Å². The molecule has 2 aromatic carbocycles. The number of amides is 1. The number of carbonyl (C=O) groups is 1. The maximum Gasteiger partial charge on any atom is 0.216 e. The molecule has 0 bridgehead atoms. The van der Waals surface area contributed by atoms with E-state index in [9.17, 15) is 4.79 Å². The zero-order chi connectivity index (χ0) is 13.5. The van der Waals surface area contributed by atoms with Gasteiger partial charge in [0.2, 0.25) is 5.91 Å². The zero-order valence-electron chi connectivity index (χ0n) is 10.9. The van der Waals surface area contributed by atoms with E-state index in [1.54, 1.807) is 0 Å². The van der Waals surface area contributed by atoms with Gasteiger partial charge in [-0.15, -0.1) is 0 Å². The van der Waals surface area contributed by atoms with E-state index in [4.69, 9.17) is 4.74 Å². The molecule has 0 heterocycles. The molecule has 2 rings (SSSR count). The number of benzene rings is 2. The number of carbonyl (C=O) groups excluding carboxylic acids is 1. The lowest BCUT2D eigenvalue weighted by atomic mass is 10.1. The van der Waals surface area contributed by atoms with Crippen LogP contribution in [0.2, 0.25) is 0 Å². The summed E-state index contributed by atoms with van der Waals surface area (Å²) < 4.78 is 5.53. The fraction of sp³-hybridized carbons (Fsp3) is 0.188. The first kappa shape index (κ1) is 13.1. The van der Waals surface area contributed by atoms with Gasteiger partial charge in [0.25, 0.3) is 0 Å². The molecule has 2 aromatic rings. The van der Waals surface area contributed by atoms with E-state index < -0.39 is 0 Å². The van der Waals surface area contributed by atoms with Gasteiger partial charge in [-0.3, -0.25) is 4.79 Å². The Labute approximate surface area is 113 Å². The molecule has 98 valence electrons. The molecule has 3 nitrogen and oxygen atoms in total. The second kappa shape index (κ2) is 6.59. The van der Waals surface area contributed by atoms with E-state index in [1.807, 2.05) is 42.5 Å². The minimum atomic E-state index is -0.0389. The van der Waals surface area contributed by atoms with Crippen LogP contribution < -0.4 is 10.1 Å². The molecule has 0 unspecified atom stereocenters. The van der Waals surface area contributed by atoms with Crippen LogP contribution in [0.4, 0.5) is 0 Å². The predicted molar refractivity (Wildman–Crippen MR) is 76.1 cm³/mol. The quantitative estimate of drug-likeness (QED) is 0.834. The minimum Gasteiger partial charge on any atom is -0.492 e. The lowest BCUT2D eigenvalue weighted by Crippen LogP contribution is -2.25. The average molecular weight is 255 g/mol. The van der Waals surface area contributed by atoms with Gasteiger partial charge in [-0.25, -0.2) is 0 Å². The number of rotatable bonds is 5. The highest BCUT2D eigenvalue weighted by Gasteiger charge is 1.98. The van der Waals surface area contributed by atoms with Crippen molar-refractivity contribution < 1.29 is 9.53 Å². The molecule has 0 aliphatic rings. The van der Waals surface area contributed by atoms with Crippen LogP contribution in [0.3, 0.4) is 0 Å². The molecule has 0 radical (unpaired) electrons. The van der Waals surface area contributed by atoms with Gasteiger partial charge in [-0.2, -0.15) is 0 Å². The SMILES string of the molecule is CC(=O)NCCOc1ccc(-c2ccccc2)cc1. The Morgan fingerprint density at radius 3 is 2.26 bits per heavy atom. The van der Waals surface area contributed by atoms with Crippen LogP contribution in [0.5, 0.6) is 5.75 Å². The van der Waals surface area contributed by atoms with Gasteiger partial charge in [-0.05, 0) is 23.3 Å². The van der Waals surface area contributed by atoms with Crippen molar-refractivity contribution in [1.29, 1.82) is 0 Å². The van der Waals surface area contributed by atoms with Crippen molar-refractivity contribution >= 4 is 5.91 Å². The molecule has 1 N–H and O–H groups in total. The van der Waals surface area contributed by atoms with Crippen molar-refractivity contribution in [2.75, 3.05) is 13.2 Å². The first-order chi connectivity index (χ1) is 9.25. The number of hydrogen-bond acceptors (Lipinski definition) is 2. The van der Waals surface area contributed by atoms with Crippen LogP contribution in [-0.4, -0.2) is 19.1 Å². The normalized spacial score (nSPS) is 9.95. The Balaban J connectivity index is 1.90. The van der Waals surface area contributed by atoms with Gasteiger partial charge >= 0.3 is 0 Å². The molecular formula is C16H17NO2. The molecule has 0 fully saturated rings. The van der Waals surface area contributed by atoms with Crippen LogP contribution in [0.25, 0.3) is 11.1 Å². The van der Waals surface area contributed by atoms with Crippen molar-refractivity contribution in [3.05, 3.63) is 54.6 Å². The number of nitrogens with one attached hydrogen (secondary N) is 1. The van der Waals surface area contributed by atoms with Crippen LogP contribution in [0.1, 0.15) is 6.92 Å². The molecule has 3 heteroatoms. The van der Waals surface area contributed by atoms with Gasteiger partial charge in [0.15, 0.2) is 0 Å². The number of hydrogen-bond donors (Lipinski definition) is 1. The molecule has 0 spiro atoms. The van der Waals surface area contributed by atoms with Crippen molar-refractivity contribution in [1.82, 2.24) is 5.32 Å². The smallest absolute Gasteiger partial charge is 0.216 e. The Morgan fingerprint density at radius 1 is 1.00 bits per heavy atom. The van der Waals surface area contributed by atoms with Crippen LogP contribution in [-0.2, 0) is 4.79 Å². The highest BCUT2D eigenvalue weighted by molar-refractivity contribution is 5.72. The summed E-state index contributed by atoms with van der Waals surface area (Å²) in [5.41, 5.74) is 2.35. The molecule has 1 amide bonds. The van der Waals surface area contributed by atoms with Gasteiger partial charge in [0.05, 0.1) is 6.54 Å². The van der Waals surface area contributed by atoms with Gasteiger partial charge < -0.3 is 10.1 Å². The zero-order valence-corrected chi connectivity index (χ0v) is 10.9. The summed E-state index contributed by atoms with van der Waals surface area (Å²) in [6.07, 6.45) is 0. The molecule has 0 saturated heterocycles. The van der Waals surface area contributed by atoms with Crippen molar-refractivity contribution in [2.45, 2.75) is 6.92 Å². The lowest BCUT2D eigenvalue weighted by molar-refractivity contribution is -0.119. The maximum atomic E-state index is 10.7. The second-order valence-corrected chi connectivity index (χ2v) is 4.22. The minimum absolute atomic E-state index is 0.0389. The first-order valence-corrected chi connectivity index (χ1v) is 6.28. The van der Waals surface area contributed by atoms with E-state index in [0.29, 0.717) is 13.2 Å². The molecule has 19 heavy (non-hydrogen) atoms. The summed E-state index contributed by atoms with van der Waals surface area (Å²) in [5.74, 6) is 0.771. The summed E-state index contributed by atoms with van der Waals surface area (Å²) >= 11 is 0. The Kier molecular flexibility index (Phi) is 4.56. The molecule has 0 saturated carbocycles. The van der Waals surface area contributed by atoms with Gasteiger partial charge in [-0.1, -0.05) is 42.5 Å². The Morgan fingerprint density at radius 2 is 1.63 bits per heavy atom. The summed E-state index contributed by atoms with van der Waals surface area (Å²) in [4.78, 5) is 10.7. The third kappa shape index (κ3) is 4.14. The van der Waals surface area contributed by atoms with E-state index in [1.165, 1.54) is 12.5 Å². The van der Waals surface area contributed by atoms with Crippen molar-refractivity contribution in [2.24, 2.45) is 0 Å². The fourth-order valence-electron chi connectivity index (χ4n) is 1.77. The lowest BCUT2D eigenvalue weighted by Gasteiger charge is -2.07. The van der Waals surface area contributed by atoms with E-state index in [2.05, 4.69) is 17.4 Å². The molecule has 0 aliphatic heterocycles. The molecule has 0 atom stereocenters. The summed E-state index contributed by atoms with van der Waals surface area (Å²) in [6, 6.07) is 18.1. The standard InChI is InChI=1S/C16H17NO2/c1-13(18)17-11-12-19-16-9-7-15(8-10-16)14-5-3-2-4-6-14/h2-10H,11-12H2,1H3,(H,17,18). The highest BCUT2D eigenvalue weighted by atomic mass is 16.5. The molecule has 0 aliphatic carbocycles. The summed E-state index contributed by atoms with van der Waals surface area (Å²) in [7, 11) is 0. The fourth-order valence-corrected chi connectivity index (χ4v) is 1.77. The monoisotopic (exact) mass is 255 g/mol. The van der Waals surface area contributed by atoms with Crippen molar-refractivity contribution in [3.8, 4) is 16.9 Å². The Bertz CT molecular complexity index is 520. The molecule has 0 aromatic heterocycles. The van der Waals surface area contributed by atoms with Crippen LogP contribution >= 0.6 is 0 Å². The maximum absolute atomic E-state index is 10.7. The van der Waals surface area contributed by atoms with Crippen molar-refractivity contribution in [3.63, 3.8) is 0 Å². The largest absolute Gasteiger partial charge is 0.492 e. The van der Waals surface area contributed by atoms with E-state index in [-0.39, 0.29) is 5.91 Å². The summed E-state index contributed by atoms with van der Waals surface area (Å²) in [6.45, 7) is 2.49.